The van der Waals surface area contributed by atoms with Gasteiger partial charge >= 0.3 is 7.82 Å². The molecule has 0 aromatic carbocycles. The van der Waals surface area contributed by atoms with Gasteiger partial charge in [0.05, 0.1) is 31.3 Å². The Kier molecular flexibility index (Phi) is 34.7. The normalized spacial score (nSPS) is 23.5. The first-order valence-electron chi connectivity index (χ1n) is 24.0. The number of aliphatic hydroxyl groups is 7. The van der Waals surface area contributed by atoms with Gasteiger partial charge in [-0.1, -0.05) is 179 Å². The minimum atomic E-state index is -5.15. The van der Waals surface area contributed by atoms with Crippen LogP contribution in [0.5, 0.6) is 0 Å². The molecule has 1 aliphatic rings. The molecule has 14 heteroatoms. The first-order valence-corrected chi connectivity index (χ1v) is 25.5. The molecule has 9 N–H and O–H groups in total. The van der Waals surface area contributed by atoms with Gasteiger partial charge in [-0.25, -0.2) is 4.57 Å². The van der Waals surface area contributed by atoms with E-state index in [1.807, 2.05) is 0 Å². The van der Waals surface area contributed by atoms with Crippen molar-refractivity contribution in [2.24, 2.45) is 0 Å². The van der Waals surface area contributed by atoms with Crippen LogP contribution in [0.4, 0.5) is 0 Å². The molecule has 1 amide bonds. The van der Waals surface area contributed by atoms with Crippen LogP contribution in [-0.2, 0) is 18.4 Å². The summed E-state index contributed by atoms with van der Waals surface area (Å²) in [5, 5.41) is 74.4. The van der Waals surface area contributed by atoms with Gasteiger partial charge in [0.25, 0.3) is 0 Å². The Morgan fingerprint density at radius 1 is 0.574 bits per heavy atom. The van der Waals surface area contributed by atoms with Crippen LogP contribution in [-0.4, -0.2) is 108 Å². The van der Waals surface area contributed by atoms with Gasteiger partial charge in [-0.15, -0.1) is 0 Å². The highest BCUT2D eigenvalue weighted by molar-refractivity contribution is 7.47. The molecular formula is C47H88NO12P. The van der Waals surface area contributed by atoms with Crippen molar-refractivity contribution in [2.75, 3.05) is 6.61 Å². The van der Waals surface area contributed by atoms with Crippen LogP contribution >= 0.6 is 7.82 Å². The molecule has 1 saturated carbocycles. The third kappa shape index (κ3) is 28.8. The fourth-order valence-electron chi connectivity index (χ4n) is 7.51. The summed E-state index contributed by atoms with van der Waals surface area (Å²) >= 11 is 0. The first-order chi connectivity index (χ1) is 29.3. The van der Waals surface area contributed by atoms with Crippen molar-refractivity contribution in [3.05, 3.63) is 36.5 Å². The highest BCUT2D eigenvalue weighted by Gasteiger charge is 2.51. The third-order valence-corrected chi connectivity index (χ3v) is 12.4. The standard InChI is InChI=1S/C47H88NO12P/c1-3-5-7-9-11-13-15-17-18-19-20-21-22-23-25-27-29-31-33-35-40(50)39(37-59-61(57,58)60-47-45(55)43(53)42(52)44(54)46(47)56)48-41(51)36-38(49)34-32-30-28-26-24-16-14-12-10-8-6-4-2/h20-21,25,27,33,35,38-40,42-47,49-50,52-56H,3-19,22-24,26,28-32,34,36-37H2,1-2H3,(H,48,51)(H,57,58)/b21-20+,27-25+,35-33+. The van der Waals surface area contributed by atoms with E-state index in [9.17, 15) is 50.0 Å². The molecule has 8 unspecified atom stereocenters. The number of rotatable bonds is 39. The number of allylic oxidation sites excluding steroid dienone is 5. The fourth-order valence-corrected chi connectivity index (χ4v) is 8.47. The lowest BCUT2D eigenvalue weighted by Gasteiger charge is -2.41. The predicted molar refractivity (Wildman–Crippen MR) is 243 cm³/mol. The Labute approximate surface area is 368 Å². The molecule has 0 spiro atoms. The van der Waals surface area contributed by atoms with E-state index in [2.05, 4.69) is 43.5 Å². The second kappa shape index (κ2) is 36.8. The Balaban J connectivity index is 2.58. The van der Waals surface area contributed by atoms with Gasteiger partial charge in [0.15, 0.2) is 0 Å². The quantitative estimate of drug-likeness (QED) is 0.0162. The topological polar surface area (TPSA) is 226 Å². The lowest BCUT2D eigenvalue weighted by molar-refractivity contribution is -0.220. The number of unbranched alkanes of at least 4 members (excludes halogenated alkanes) is 22. The molecule has 358 valence electrons. The van der Waals surface area contributed by atoms with E-state index in [0.29, 0.717) is 19.3 Å². The van der Waals surface area contributed by atoms with Crippen LogP contribution in [0.15, 0.2) is 36.5 Å². The summed E-state index contributed by atoms with van der Waals surface area (Å²) in [6.07, 6.45) is 28.1. The van der Waals surface area contributed by atoms with Crippen molar-refractivity contribution in [1.82, 2.24) is 5.32 Å². The van der Waals surface area contributed by atoms with E-state index in [4.69, 9.17) is 9.05 Å². The van der Waals surface area contributed by atoms with Crippen molar-refractivity contribution in [3.63, 3.8) is 0 Å². The average molecular weight is 890 g/mol. The summed E-state index contributed by atoms with van der Waals surface area (Å²) in [4.78, 5) is 23.4. The first kappa shape index (κ1) is 57.5. The number of carbonyl (C=O) groups excluding carboxylic acids is 1. The summed E-state index contributed by atoms with van der Waals surface area (Å²) in [5.41, 5.74) is 0. The highest BCUT2D eigenvalue weighted by Crippen LogP contribution is 2.47. The maximum absolute atomic E-state index is 13.0. The number of hydrogen-bond donors (Lipinski definition) is 9. The zero-order valence-corrected chi connectivity index (χ0v) is 38.7. The molecule has 0 radical (unpaired) electrons. The van der Waals surface area contributed by atoms with Crippen molar-refractivity contribution in [3.8, 4) is 0 Å². The van der Waals surface area contributed by atoms with Gasteiger partial charge in [0.2, 0.25) is 5.91 Å². The number of phosphoric acid groups is 1. The molecule has 13 nitrogen and oxygen atoms in total. The lowest BCUT2D eigenvalue weighted by Crippen LogP contribution is -2.64. The molecule has 61 heavy (non-hydrogen) atoms. The number of amides is 1. The number of nitrogens with one attached hydrogen (secondary N) is 1. The molecule has 1 rings (SSSR count). The van der Waals surface area contributed by atoms with Crippen molar-refractivity contribution < 1.29 is 59.0 Å². The van der Waals surface area contributed by atoms with Crippen LogP contribution < -0.4 is 5.32 Å². The number of carbonyl (C=O) groups is 1. The lowest BCUT2D eigenvalue weighted by atomic mass is 9.85. The number of hydrogen-bond acceptors (Lipinski definition) is 11. The molecule has 0 bridgehead atoms. The maximum Gasteiger partial charge on any atom is 0.472 e. The minimum Gasteiger partial charge on any atom is -0.393 e. The van der Waals surface area contributed by atoms with E-state index in [-0.39, 0.29) is 6.42 Å². The Morgan fingerprint density at radius 2 is 0.967 bits per heavy atom. The summed E-state index contributed by atoms with van der Waals surface area (Å²) in [6.45, 7) is 3.72. The summed E-state index contributed by atoms with van der Waals surface area (Å²) in [5.74, 6) is -0.607. The molecule has 0 aliphatic heterocycles. The van der Waals surface area contributed by atoms with Gasteiger partial charge in [-0.2, -0.15) is 0 Å². The SMILES string of the molecule is CCCCCCCCCCC/C=C/CC/C=C/CC/C=C/C(O)C(COP(=O)(O)OC1C(O)C(O)C(O)C(O)C1O)NC(=O)CC(O)CCCCCCCCCCCCCC. The second-order valence-corrected chi connectivity index (χ2v) is 18.5. The summed E-state index contributed by atoms with van der Waals surface area (Å²) < 4.78 is 22.9. The molecular weight excluding hydrogens is 801 g/mol. The van der Waals surface area contributed by atoms with Gasteiger partial charge in [0, 0.05) is 0 Å². The monoisotopic (exact) mass is 890 g/mol. The second-order valence-electron chi connectivity index (χ2n) is 17.1. The van der Waals surface area contributed by atoms with Crippen LogP contribution in [0.2, 0.25) is 0 Å². The van der Waals surface area contributed by atoms with Crippen LogP contribution in [0.3, 0.4) is 0 Å². The van der Waals surface area contributed by atoms with E-state index in [1.54, 1.807) is 6.08 Å². The van der Waals surface area contributed by atoms with Gasteiger partial charge < -0.3 is 46.0 Å². The smallest absolute Gasteiger partial charge is 0.393 e. The van der Waals surface area contributed by atoms with Crippen LogP contribution in [0.25, 0.3) is 0 Å². The highest BCUT2D eigenvalue weighted by atomic mass is 31.2. The largest absolute Gasteiger partial charge is 0.472 e. The van der Waals surface area contributed by atoms with Crippen LogP contribution in [0, 0.1) is 0 Å². The van der Waals surface area contributed by atoms with Crippen LogP contribution in [0.1, 0.15) is 194 Å². The molecule has 1 aliphatic carbocycles. The maximum atomic E-state index is 13.0. The molecule has 0 saturated heterocycles. The van der Waals surface area contributed by atoms with Gasteiger partial charge in [-0.3, -0.25) is 13.8 Å². The fraction of sp³-hybridized carbons (Fsp3) is 0.851. The molecule has 0 aromatic rings. The van der Waals surface area contributed by atoms with E-state index in [1.165, 1.54) is 115 Å². The van der Waals surface area contributed by atoms with E-state index >= 15 is 0 Å². The third-order valence-electron chi connectivity index (χ3n) is 11.5. The van der Waals surface area contributed by atoms with Gasteiger partial charge in [0.1, 0.15) is 36.6 Å². The van der Waals surface area contributed by atoms with Crippen molar-refractivity contribution in [2.45, 2.75) is 249 Å². The Bertz CT molecular complexity index is 1190. The minimum absolute atomic E-state index is 0.254. The average Bonchev–Trinajstić information content (AvgIpc) is 3.23. The predicted octanol–water partition coefficient (Wildman–Crippen LogP) is 8.14. The summed E-state index contributed by atoms with van der Waals surface area (Å²) in [6, 6.07) is -1.26. The number of phosphoric ester groups is 1. The Hall–Kier alpha value is -1.48. The zero-order valence-electron chi connectivity index (χ0n) is 37.8. The molecule has 8 atom stereocenters. The Morgan fingerprint density at radius 3 is 1.44 bits per heavy atom. The van der Waals surface area contributed by atoms with E-state index < -0.39 is 75.2 Å². The molecule has 0 heterocycles. The molecule has 0 aromatic heterocycles. The zero-order chi connectivity index (χ0) is 45.1. The number of aliphatic hydroxyl groups excluding tert-OH is 7. The van der Waals surface area contributed by atoms with Gasteiger partial charge in [-0.05, 0) is 44.9 Å². The van der Waals surface area contributed by atoms with Crippen molar-refractivity contribution in [1.29, 1.82) is 0 Å². The summed E-state index contributed by atoms with van der Waals surface area (Å²) in [7, 11) is -5.15. The van der Waals surface area contributed by atoms with E-state index in [0.717, 1.165) is 44.9 Å². The molecule has 1 fully saturated rings. The van der Waals surface area contributed by atoms with Crippen molar-refractivity contribution >= 4 is 13.7 Å².